The lowest BCUT2D eigenvalue weighted by Gasteiger charge is -2.58. The molecule has 7 heteroatoms. The predicted octanol–water partition coefficient (Wildman–Crippen LogP) is 1.48. The zero-order valence-corrected chi connectivity index (χ0v) is 15.3. The van der Waals surface area contributed by atoms with Crippen LogP contribution >= 0.6 is 0 Å². The van der Waals surface area contributed by atoms with Crippen LogP contribution in [0.2, 0.25) is 0 Å². The number of primary amides is 1. The van der Waals surface area contributed by atoms with Crippen molar-refractivity contribution in [2.45, 2.75) is 50.3 Å². The maximum atomic E-state index is 12.1. The third-order valence-corrected chi connectivity index (χ3v) is 6.95. The number of amides is 1. The Labute approximate surface area is 157 Å². The van der Waals surface area contributed by atoms with Gasteiger partial charge in [0.15, 0.2) is 0 Å². The smallest absolute Gasteiger partial charge is 0.252 e. The number of hydrogen-bond acceptors (Lipinski definition) is 5. The first kappa shape index (κ1) is 17.0. The first-order chi connectivity index (χ1) is 13.0. The lowest BCUT2D eigenvalue weighted by atomic mass is 9.52. The van der Waals surface area contributed by atoms with Crippen LogP contribution in [0.4, 0.5) is 5.69 Å². The van der Waals surface area contributed by atoms with Crippen molar-refractivity contribution in [3.63, 3.8) is 0 Å². The minimum atomic E-state index is -0.496. The molecule has 2 aromatic rings. The van der Waals surface area contributed by atoms with Gasteiger partial charge in [-0.3, -0.25) is 4.79 Å². The number of fused-ring (bicyclic) bond motifs is 1. The molecule has 0 saturated heterocycles. The fourth-order valence-corrected chi connectivity index (χ4v) is 6.15. The summed E-state index contributed by atoms with van der Waals surface area (Å²) in [6.45, 7) is 0.480. The highest BCUT2D eigenvalue weighted by molar-refractivity contribution is 6.06. The van der Waals surface area contributed by atoms with Crippen LogP contribution in [0.15, 0.2) is 18.5 Å². The van der Waals surface area contributed by atoms with E-state index in [4.69, 9.17) is 5.73 Å². The fraction of sp³-hybridized carbons (Fsp3) is 0.600. The Bertz CT molecular complexity index is 892. The number of anilines is 1. The first-order valence-corrected chi connectivity index (χ1v) is 9.85. The van der Waals surface area contributed by atoms with E-state index in [-0.39, 0.29) is 12.6 Å². The SMILES string of the molecule is NC(=O)c1cnc2c(ccn2CCO)c1NC1C2CC3CC1CC(O)(C3)C2. The highest BCUT2D eigenvalue weighted by Crippen LogP contribution is 2.56. The van der Waals surface area contributed by atoms with Crippen molar-refractivity contribution in [2.24, 2.45) is 23.5 Å². The van der Waals surface area contributed by atoms with Gasteiger partial charge in [0.05, 0.1) is 23.5 Å². The van der Waals surface area contributed by atoms with Crippen molar-refractivity contribution in [1.82, 2.24) is 9.55 Å². The van der Waals surface area contributed by atoms with Crippen molar-refractivity contribution in [2.75, 3.05) is 11.9 Å². The molecule has 144 valence electrons. The second-order valence-corrected chi connectivity index (χ2v) is 8.75. The van der Waals surface area contributed by atoms with E-state index in [1.54, 1.807) is 0 Å². The molecule has 7 nitrogen and oxygen atoms in total. The highest BCUT2D eigenvalue weighted by Gasteiger charge is 2.54. The van der Waals surface area contributed by atoms with Crippen molar-refractivity contribution < 1.29 is 15.0 Å². The molecule has 4 aliphatic rings. The maximum absolute atomic E-state index is 12.1. The third kappa shape index (κ3) is 2.63. The molecule has 2 unspecified atom stereocenters. The van der Waals surface area contributed by atoms with Gasteiger partial charge in [-0.15, -0.1) is 0 Å². The number of pyridine rings is 1. The van der Waals surface area contributed by atoms with Crippen molar-refractivity contribution >= 4 is 22.6 Å². The number of aliphatic hydroxyl groups is 2. The minimum Gasteiger partial charge on any atom is -0.395 e. The van der Waals surface area contributed by atoms with E-state index < -0.39 is 11.5 Å². The van der Waals surface area contributed by atoms with Crippen molar-refractivity contribution in [1.29, 1.82) is 0 Å². The second-order valence-electron chi connectivity index (χ2n) is 8.75. The quantitative estimate of drug-likeness (QED) is 0.637. The average molecular weight is 370 g/mol. The molecular weight excluding hydrogens is 344 g/mol. The number of aliphatic hydroxyl groups excluding tert-OH is 1. The molecule has 2 aromatic heterocycles. The highest BCUT2D eigenvalue weighted by atomic mass is 16.3. The van der Waals surface area contributed by atoms with Crippen LogP contribution in [0.25, 0.3) is 11.0 Å². The number of carbonyl (C=O) groups excluding carboxylic acids is 1. The van der Waals surface area contributed by atoms with Crippen LogP contribution in [0.1, 0.15) is 42.5 Å². The molecule has 4 saturated carbocycles. The normalized spacial score (nSPS) is 34.3. The molecule has 2 heterocycles. The summed E-state index contributed by atoms with van der Waals surface area (Å²) in [5.41, 5.74) is 7.03. The number of aromatic nitrogens is 2. The monoisotopic (exact) mass is 370 g/mol. The van der Waals surface area contributed by atoms with Crippen molar-refractivity contribution in [3.05, 3.63) is 24.0 Å². The lowest BCUT2D eigenvalue weighted by Crippen LogP contribution is -2.59. The number of hydrogen-bond donors (Lipinski definition) is 4. The fourth-order valence-electron chi connectivity index (χ4n) is 6.15. The van der Waals surface area contributed by atoms with Gasteiger partial charge in [-0.1, -0.05) is 0 Å². The molecule has 2 atom stereocenters. The summed E-state index contributed by atoms with van der Waals surface area (Å²) < 4.78 is 1.88. The molecule has 0 radical (unpaired) electrons. The van der Waals surface area contributed by atoms with E-state index >= 15 is 0 Å². The van der Waals surface area contributed by atoms with Gasteiger partial charge in [-0.05, 0) is 55.9 Å². The van der Waals surface area contributed by atoms with Crippen LogP contribution in [-0.4, -0.2) is 43.9 Å². The largest absolute Gasteiger partial charge is 0.395 e. The zero-order chi connectivity index (χ0) is 18.8. The minimum absolute atomic E-state index is 0.0263. The Hall–Kier alpha value is -2.12. The summed E-state index contributed by atoms with van der Waals surface area (Å²) in [5, 5.41) is 24.6. The summed E-state index contributed by atoms with van der Waals surface area (Å²) in [6, 6.07) is 2.17. The van der Waals surface area contributed by atoms with Crippen molar-refractivity contribution in [3.8, 4) is 0 Å². The van der Waals surface area contributed by atoms with Crippen LogP contribution in [0.5, 0.6) is 0 Å². The van der Waals surface area contributed by atoms with E-state index in [1.807, 2.05) is 16.8 Å². The summed E-state index contributed by atoms with van der Waals surface area (Å²) in [7, 11) is 0. The van der Waals surface area contributed by atoms with E-state index in [0.29, 0.717) is 29.9 Å². The standard InChI is InChI=1S/C20H26N4O3/c21-18(26)15-10-22-19-14(1-2-24(19)3-4-25)17(15)23-16-12-5-11-6-13(16)9-20(27,7-11)8-12/h1-2,10-13,16,25,27H,3-9H2,(H2,21,26)(H,22,23). The maximum Gasteiger partial charge on any atom is 0.252 e. The summed E-state index contributed by atoms with van der Waals surface area (Å²) in [6.07, 6.45) is 8.31. The summed E-state index contributed by atoms with van der Waals surface area (Å²) >= 11 is 0. The van der Waals surface area contributed by atoms with Crippen LogP contribution in [0.3, 0.4) is 0 Å². The molecule has 5 N–H and O–H groups in total. The molecule has 0 aromatic carbocycles. The topological polar surface area (TPSA) is 113 Å². The van der Waals surface area contributed by atoms with E-state index in [2.05, 4.69) is 10.3 Å². The molecule has 4 fully saturated rings. The Balaban J connectivity index is 1.54. The van der Waals surface area contributed by atoms with Gasteiger partial charge < -0.3 is 25.8 Å². The lowest BCUT2D eigenvalue weighted by molar-refractivity contribution is -0.129. The molecule has 27 heavy (non-hydrogen) atoms. The Kier molecular flexibility index (Phi) is 3.74. The third-order valence-electron chi connectivity index (χ3n) is 6.95. The van der Waals surface area contributed by atoms with Gasteiger partial charge in [-0.25, -0.2) is 4.98 Å². The molecule has 0 aliphatic heterocycles. The number of nitrogens with two attached hydrogens (primary N) is 1. The van der Waals surface area contributed by atoms with E-state index in [1.165, 1.54) is 6.20 Å². The number of nitrogens with zero attached hydrogens (tertiary/aromatic N) is 2. The van der Waals surface area contributed by atoms with Crippen LogP contribution in [0, 0.1) is 17.8 Å². The zero-order valence-electron chi connectivity index (χ0n) is 15.3. The molecule has 0 spiro atoms. The van der Waals surface area contributed by atoms with Gasteiger partial charge in [0.25, 0.3) is 5.91 Å². The molecule has 6 rings (SSSR count). The predicted molar refractivity (Wildman–Crippen MR) is 101 cm³/mol. The van der Waals surface area contributed by atoms with Crippen LogP contribution < -0.4 is 11.1 Å². The van der Waals surface area contributed by atoms with Gasteiger partial charge in [-0.2, -0.15) is 0 Å². The molecule has 4 aliphatic carbocycles. The summed E-state index contributed by atoms with van der Waals surface area (Å²) in [4.78, 5) is 16.5. The Morgan fingerprint density at radius 3 is 2.70 bits per heavy atom. The number of rotatable bonds is 5. The molecule has 4 bridgehead atoms. The Morgan fingerprint density at radius 2 is 2.07 bits per heavy atom. The molecular formula is C20H26N4O3. The Morgan fingerprint density at radius 1 is 1.33 bits per heavy atom. The number of nitrogens with one attached hydrogen (secondary N) is 1. The van der Waals surface area contributed by atoms with Crippen LogP contribution in [-0.2, 0) is 6.54 Å². The molecule has 1 amide bonds. The van der Waals surface area contributed by atoms with Gasteiger partial charge in [0.1, 0.15) is 5.65 Å². The van der Waals surface area contributed by atoms with Gasteiger partial charge >= 0.3 is 0 Å². The first-order valence-electron chi connectivity index (χ1n) is 9.85. The second kappa shape index (κ2) is 5.94. The van der Waals surface area contributed by atoms with E-state index in [9.17, 15) is 15.0 Å². The summed E-state index contributed by atoms with van der Waals surface area (Å²) in [5.74, 6) is 0.975. The van der Waals surface area contributed by atoms with Gasteiger partial charge in [0.2, 0.25) is 0 Å². The number of carbonyl (C=O) groups is 1. The average Bonchev–Trinajstić information content (AvgIpc) is 3.00. The van der Waals surface area contributed by atoms with E-state index in [0.717, 1.165) is 48.8 Å². The van der Waals surface area contributed by atoms with Gasteiger partial charge in [0, 0.05) is 30.4 Å².